The molecule has 0 radical (unpaired) electrons. The van der Waals surface area contributed by atoms with E-state index in [1.54, 1.807) is 0 Å². The number of thiophene rings is 1. The molecule has 1 aromatic heterocycles. The molecular weight excluding hydrogens is 452 g/mol. The molecule has 1 amide bonds. The summed E-state index contributed by atoms with van der Waals surface area (Å²) < 4.78 is 54.4. The number of sulfonamides is 2. The zero-order valence-corrected chi connectivity index (χ0v) is 18.4. The molecule has 2 saturated carbocycles. The number of fused-ring (bicyclic) bond motifs is 6. The maximum atomic E-state index is 13.2. The van der Waals surface area contributed by atoms with Crippen molar-refractivity contribution >= 4 is 53.9 Å². The van der Waals surface area contributed by atoms with Crippen LogP contribution in [0.15, 0.2) is 14.7 Å². The monoisotopic (exact) mass is 472 g/mol. The number of Topliss-reactive ketones (excluding diaryl/α,β-unsaturated/α-hetero) is 1. The lowest BCUT2D eigenvalue weighted by molar-refractivity contribution is -0.140. The zero-order chi connectivity index (χ0) is 21.4. The minimum absolute atomic E-state index is 0.131. The van der Waals surface area contributed by atoms with Gasteiger partial charge in [-0.3, -0.25) is 9.59 Å². The number of nitrogens with one attached hydrogen (secondary N) is 3. The van der Waals surface area contributed by atoms with Gasteiger partial charge in [-0.1, -0.05) is 0 Å². The Morgan fingerprint density at radius 2 is 2.00 bits per heavy atom. The van der Waals surface area contributed by atoms with Crippen LogP contribution < -0.4 is 15.4 Å². The van der Waals surface area contributed by atoms with Crippen LogP contribution in [0.25, 0.3) is 0 Å². The van der Waals surface area contributed by atoms with E-state index in [4.69, 9.17) is 0 Å². The van der Waals surface area contributed by atoms with E-state index < -0.39 is 31.9 Å². The van der Waals surface area contributed by atoms with Crippen molar-refractivity contribution < 1.29 is 26.4 Å². The Morgan fingerprint density at radius 3 is 2.73 bits per heavy atom. The molecule has 3 heterocycles. The van der Waals surface area contributed by atoms with Crippen LogP contribution in [0, 0.1) is 23.7 Å². The summed E-state index contributed by atoms with van der Waals surface area (Å²) in [5.41, 5.74) is 0.253. The molecule has 10 nitrogen and oxygen atoms in total. The molecule has 3 N–H and O–H groups in total. The van der Waals surface area contributed by atoms with Gasteiger partial charge in [-0.25, -0.2) is 13.1 Å². The minimum atomic E-state index is -4.21. The smallest absolute Gasteiger partial charge is 0.287 e. The third-order valence-electron chi connectivity index (χ3n) is 6.43. The highest BCUT2D eigenvalue weighted by Gasteiger charge is 2.57. The van der Waals surface area contributed by atoms with Crippen molar-refractivity contribution in [2.24, 2.45) is 28.1 Å². The third kappa shape index (κ3) is 3.10. The number of rotatable bonds is 4. The van der Waals surface area contributed by atoms with E-state index in [1.165, 1.54) is 5.38 Å². The number of carbonyl (C=O) groups is 2. The van der Waals surface area contributed by atoms with E-state index in [2.05, 4.69) is 19.8 Å². The van der Waals surface area contributed by atoms with Crippen LogP contribution in [0.3, 0.4) is 0 Å². The first-order valence-corrected chi connectivity index (χ1v) is 13.8. The van der Waals surface area contributed by atoms with Crippen LogP contribution in [0.1, 0.15) is 24.8 Å². The molecule has 162 valence electrons. The molecule has 1 unspecified atom stereocenters. The lowest BCUT2D eigenvalue weighted by Gasteiger charge is -2.38. The molecule has 4 aliphatic rings. The van der Waals surface area contributed by atoms with E-state index in [-0.39, 0.29) is 51.5 Å². The summed E-state index contributed by atoms with van der Waals surface area (Å²) in [5, 5.41) is 7.52. The molecule has 0 aromatic carbocycles. The molecule has 2 aliphatic heterocycles. The van der Waals surface area contributed by atoms with Gasteiger partial charge in [-0.15, -0.1) is 15.7 Å². The molecule has 13 heteroatoms. The average molecular weight is 473 g/mol. The number of hydrogen-bond acceptors (Lipinski definition) is 8. The predicted octanol–water partition coefficient (Wildman–Crippen LogP) is 0.0398. The second-order valence-corrected chi connectivity index (χ2v) is 12.6. The fraction of sp³-hybridized carbons (Fsp3) is 0.588. The molecule has 5 rings (SSSR count). The van der Waals surface area contributed by atoms with Crippen molar-refractivity contribution in [1.82, 2.24) is 10.0 Å². The van der Waals surface area contributed by atoms with Crippen LogP contribution in [0.2, 0.25) is 0 Å². The summed E-state index contributed by atoms with van der Waals surface area (Å²) in [6.07, 6.45) is 3.84. The van der Waals surface area contributed by atoms with Gasteiger partial charge in [-0.2, -0.15) is 8.42 Å². The molecule has 0 spiro atoms. The molecule has 1 saturated heterocycles. The number of amides is 1. The Kier molecular flexibility index (Phi) is 4.41. The van der Waals surface area contributed by atoms with Gasteiger partial charge >= 0.3 is 0 Å². The summed E-state index contributed by atoms with van der Waals surface area (Å²) in [6.45, 7) is -0.202. The molecule has 3 fully saturated rings. The number of anilines is 1. The lowest BCUT2D eigenvalue weighted by Crippen LogP contribution is -2.60. The maximum Gasteiger partial charge on any atom is 0.287 e. The number of piperidine rings is 1. The quantitative estimate of drug-likeness (QED) is 0.523. The van der Waals surface area contributed by atoms with Crippen LogP contribution in [-0.2, 0) is 36.2 Å². The zero-order valence-electron chi connectivity index (χ0n) is 15.9. The Hall–Kier alpha value is -1.83. The second-order valence-electron chi connectivity index (χ2n) is 8.32. The van der Waals surface area contributed by atoms with E-state index >= 15 is 0 Å². The average Bonchev–Trinajstić information content (AvgIpc) is 3.33. The standard InChI is InChI=1S/C17H20N4O6S3/c1-29(24,25)18-5-9-6-28-17-14(9)30(26,27)21-15(20-17)11-13(22)10-7-2-3-8(4-7)12(10)19-16(11)23/h6-8,10-12,18H,2-5H2,1H3,(H,19,23)(H,20,21)/t7-,8+,10-,11?,12+/m1/s1. The van der Waals surface area contributed by atoms with E-state index in [1.807, 2.05) is 0 Å². The van der Waals surface area contributed by atoms with Crippen molar-refractivity contribution in [1.29, 1.82) is 0 Å². The number of nitrogens with zero attached hydrogens (tertiary/aromatic N) is 1. The third-order valence-corrected chi connectivity index (χ3v) is 9.60. The molecule has 2 aliphatic carbocycles. The van der Waals surface area contributed by atoms with Crippen LogP contribution >= 0.6 is 11.3 Å². The van der Waals surface area contributed by atoms with Gasteiger partial charge in [0.05, 0.1) is 6.26 Å². The predicted molar refractivity (Wildman–Crippen MR) is 109 cm³/mol. The van der Waals surface area contributed by atoms with Crippen LogP contribution in [0.4, 0.5) is 5.00 Å². The van der Waals surface area contributed by atoms with Gasteiger partial charge in [0.1, 0.15) is 15.7 Å². The second kappa shape index (κ2) is 6.58. The Balaban J connectivity index is 1.46. The summed E-state index contributed by atoms with van der Waals surface area (Å²) >= 11 is 1.06. The van der Waals surface area contributed by atoms with Gasteiger partial charge < -0.3 is 10.6 Å². The molecule has 5 atom stereocenters. The number of amidine groups is 1. The van der Waals surface area contributed by atoms with Crippen molar-refractivity contribution in [3.63, 3.8) is 0 Å². The Morgan fingerprint density at radius 1 is 1.27 bits per heavy atom. The highest BCUT2D eigenvalue weighted by Crippen LogP contribution is 2.51. The van der Waals surface area contributed by atoms with Gasteiger partial charge in [0.2, 0.25) is 15.9 Å². The summed E-state index contributed by atoms with van der Waals surface area (Å²) in [4.78, 5) is 25.8. The SMILES string of the molecule is CS(=O)(=O)NCc1csc2c1S(=O)(=O)N=C(C1C(=O)N[C@H]3[C@H]4CC[C@H](C4)[C@H]3C1=O)N2. The van der Waals surface area contributed by atoms with E-state index in [0.29, 0.717) is 5.92 Å². The first-order valence-electron chi connectivity index (χ1n) is 9.56. The van der Waals surface area contributed by atoms with Crippen molar-refractivity contribution in [2.75, 3.05) is 11.6 Å². The van der Waals surface area contributed by atoms with Gasteiger partial charge in [0.25, 0.3) is 10.0 Å². The molecular formula is C17H20N4O6S3. The summed E-state index contributed by atoms with van der Waals surface area (Å²) in [5.74, 6) is -2.01. The Labute approximate surface area is 177 Å². The molecule has 2 bridgehead atoms. The first-order chi connectivity index (χ1) is 14.0. The number of ketones is 1. The lowest BCUT2D eigenvalue weighted by atomic mass is 9.74. The van der Waals surface area contributed by atoms with E-state index in [9.17, 15) is 26.4 Å². The largest absolute Gasteiger partial charge is 0.351 e. The van der Waals surface area contributed by atoms with E-state index in [0.717, 1.165) is 36.9 Å². The maximum absolute atomic E-state index is 13.2. The van der Waals surface area contributed by atoms with Crippen LogP contribution in [-0.4, -0.2) is 46.7 Å². The van der Waals surface area contributed by atoms with Crippen molar-refractivity contribution in [3.8, 4) is 0 Å². The fourth-order valence-electron chi connectivity index (χ4n) is 5.26. The highest BCUT2D eigenvalue weighted by atomic mass is 32.2. The normalized spacial score (nSPS) is 34.0. The van der Waals surface area contributed by atoms with Crippen LogP contribution in [0.5, 0.6) is 0 Å². The molecule has 30 heavy (non-hydrogen) atoms. The van der Waals surface area contributed by atoms with Crippen molar-refractivity contribution in [3.05, 3.63) is 10.9 Å². The van der Waals surface area contributed by atoms with Gasteiger partial charge in [-0.05, 0) is 36.5 Å². The number of carbonyl (C=O) groups excluding carboxylic acids is 2. The first kappa shape index (κ1) is 20.1. The minimum Gasteiger partial charge on any atom is -0.351 e. The van der Waals surface area contributed by atoms with Crippen molar-refractivity contribution in [2.45, 2.75) is 36.7 Å². The summed E-state index contributed by atoms with van der Waals surface area (Å²) in [6, 6.07) is -0.160. The Bertz CT molecular complexity index is 1200. The summed E-state index contributed by atoms with van der Waals surface area (Å²) in [7, 11) is -7.72. The fourth-order valence-corrected chi connectivity index (χ4v) is 8.32. The van der Waals surface area contributed by atoms with Gasteiger partial charge in [0.15, 0.2) is 11.7 Å². The molecule has 1 aromatic rings. The topological polar surface area (TPSA) is 151 Å². The highest BCUT2D eigenvalue weighted by molar-refractivity contribution is 7.91. The number of hydrogen-bond donors (Lipinski definition) is 3. The van der Waals surface area contributed by atoms with Gasteiger partial charge in [0, 0.05) is 24.1 Å².